The summed E-state index contributed by atoms with van der Waals surface area (Å²) < 4.78 is 1.61. The van der Waals surface area contributed by atoms with Gasteiger partial charge < -0.3 is 5.11 Å². The fourth-order valence-corrected chi connectivity index (χ4v) is 4.82. The van der Waals surface area contributed by atoms with Crippen molar-refractivity contribution in [2.24, 2.45) is 4.99 Å². The number of hydrogen-bond donors (Lipinski definition) is 2. The number of nitrogens with one attached hydrogen (secondary N) is 1. The van der Waals surface area contributed by atoms with Crippen molar-refractivity contribution in [3.05, 3.63) is 135 Å². The molecule has 0 spiro atoms. The number of hydrogen-bond acceptors (Lipinski definition) is 4. The summed E-state index contributed by atoms with van der Waals surface area (Å²) in [5.74, 6) is -0.0569. The number of fused-ring (bicyclic) bond motifs is 1. The molecule has 0 bridgehead atoms. The molecule has 4 aromatic carbocycles. The van der Waals surface area contributed by atoms with Gasteiger partial charge in [-0.05, 0) is 41.2 Å². The summed E-state index contributed by atoms with van der Waals surface area (Å²) in [5, 5.41) is 13.0. The highest BCUT2D eigenvalue weighted by Gasteiger charge is 2.16. The molecule has 1 aromatic heterocycles. The normalized spacial score (nSPS) is 11.5. The smallest absolute Gasteiger partial charge is 0.264 e. The van der Waals surface area contributed by atoms with E-state index in [0.717, 1.165) is 17.2 Å². The van der Waals surface area contributed by atoms with E-state index in [1.54, 1.807) is 0 Å². The molecular formula is C30H25N3O2S. The first kappa shape index (κ1) is 23.5. The summed E-state index contributed by atoms with van der Waals surface area (Å²) in [6, 6.07) is 34.2. The molecule has 0 aliphatic carbocycles. The minimum Gasteiger partial charge on any atom is -0.494 e. The van der Waals surface area contributed by atoms with E-state index in [4.69, 9.17) is 12.2 Å². The van der Waals surface area contributed by atoms with Gasteiger partial charge in [0.15, 0.2) is 4.77 Å². The molecule has 0 radical (unpaired) electrons. The maximum Gasteiger partial charge on any atom is 0.264 e. The molecule has 0 unspecified atom stereocenters. The molecule has 0 fully saturated rings. The Labute approximate surface area is 214 Å². The number of rotatable bonds is 7. The standard InChI is InChI=1S/C30H25N3O2S/c34-28-26(20-31-19-18-24(21-10-3-1-4-11-21)22-12-5-2-6-13-22)29(35)33(30(36)32-28)27-17-9-15-23-14-7-8-16-25(23)27/h1-17,20,24,35H,18-19H2,(H,32,34,36). The SMILES string of the molecule is O=c1[nH]c(=S)n(-c2cccc3ccccc23)c(O)c1C=NCCC(c1ccccc1)c1ccccc1. The van der Waals surface area contributed by atoms with Gasteiger partial charge in [-0.25, -0.2) is 0 Å². The van der Waals surface area contributed by atoms with Crippen molar-refractivity contribution in [1.82, 2.24) is 9.55 Å². The van der Waals surface area contributed by atoms with E-state index in [2.05, 4.69) is 34.2 Å². The molecule has 5 aromatic rings. The molecular weight excluding hydrogens is 466 g/mol. The maximum atomic E-state index is 12.7. The van der Waals surface area contributed by atoms with Crippen LogP contribution >= 0.6 is 12.2 Å². The van der Waals surface area contributed by atoms with Crippen molar-refractivity contribution in [3.63, 3.8) is 0 Å². The minimum atomic E-state index is -0.472. The first-order valence-electron chi connectivity index (χ1n) is 11.8. The Hall–Kier alpha value is -4.29. The second-order valence-corrected chi connectivity index (χ2v) is 8.91. The number of aromatic amines is 1. The van der Waals surface area contributed by atoms with Crippen LogP contribution in [0.3, 0.4) is 0 Å². The van der Waals surface area contributed by atoms with Crippen LogP contribution in [0.4, 0.5) is 0 Å². The summed E-state index contributed by atoms with van der Waals surface area (Å²) in [6.07, 6.45) is 2.20. The molecule has 0 atom stereocenters. The van der Waals surface area contributed by atoms with Gasteiger partial charge in [-0.1, -0.05) is 97.1 Å². The Balaban J connectivity index is 1.46. The Kier molecular flexibility index (Phi) is 6.87. The zero-order valence-electron chi connectivity index (χ0n) is 19.5. The minimum absolute atomic E-state index is 0.0764. The number of aliphatic imine (C=N–C) groups is 1. The quantitative estimate of drug-likeness (QED) is 0.205. The van der Waals surface area contributed by atoms with Crippen LogP contribution in [-0.2, 0) is 0 Å². The van der Waals surface area contributed by atoms with Crippen molar-refractivity contribution in [2.45, 2.75) is 12.3 Å². The van der Waals surface area contributed by atoms with E-state index in [1.165, 1.54) is 21.9 Å². The second kappa shape index (κ2) is 10.5. The number of H-pyrrole nitrogens is 1. The average Bonchev–Trinajstić information content (AvgIpc) is 2.91. The van der Waals surface area contributed by atoms with Gasteiger partial charge in [0.05, 0.1) is 5.69 Å². The predicted octanol–water partition coefficient (Wildman–Crippen LogP) is 6.39. The molecule has 5 nitrogen and oxygen atoms in total. The van der Waals surface area contributed by atoms with Crippen molar-refractivity contribution < 1.29 is 5.11 Å². The van der Waals surface area contributed by atoms with Crippen LogP contribution in [0.15, 0.2) is 113 Å². The summed E-state index contributed by atoms with van der Waals surface area (Å²) in [4.78, 5) is 19.9. The highest BCUT2D eigenvalue weighted by atomic mass is 32.1. The van der Waals surface area contributed by atoms with Gasteiger partial charge >= 0.3 is 0 Å². The lowest BCUT2D eigenvalue weighted by molar-refractivity contribution is 0.433. The van der Waals surface area contributed by atoms with E-state index in [9.17, 15) is 9.90 Å². The van der Waals surface area contributed by atoms with Gasteiger partial charge in [0.25, 0.3) is 5.56 Å². The van der Waals surface area contributed by atoms with Crippen LogP contribution in [-0.4, -0.2) is 27.4 Å². The van der Waals surface area contributed by atoms with Crippen LogP contribution in [0.25, 0.3) is 16.5 Å². The zero-order valence-corrected chi connectivity index (χ0v) is 20.4. The second-order valence-electron chi connectivity index (χ2n) is 8.53. The highest BCUT2D eigenvalue weighted by molar-refractivity contribution is 7.71. The lowest BCUT2D eigenvalue weighted by Crippen LogP contribution is -2.18. The number of benzene rings is 4. The van der Waals surface area contributed by atoms with Crippen molar-refractivity contribution in [2.75, 3.05) is 6.54 Å². The summed E-state index contributed by atoms with van der Waals surface area (Å²) >= 11 is 5.41. The molecule has 2 N–H and O–H groups in total. The first-order chi connectivity index (χ1) is 17.6. The number of nitrogens with zero attached hydrogens (tertiary/aromatic N) is 2. The molecule has 0 aliphatic rings. The van der Waals surface area contributed by atoms with Gasteiger partial charge in [0, 0.05) is 24.1 Å². The van der Waals surface area contributed by atoms with E-state index in [0.29, 0.717) is 12.2 Å². The molecule has 178 valence electrons. The van der Waals surface area contributed by atoms with Crippen LogP contribution in [0.1, 0.15) is 29.0 Å². The van der Waals surface area contributed by atoms with Gasteiger partial charge in [0.1, 0.15) is 5.56 Å². The largest absolute Gasteiger partial charge is 0.494 e. The Morgan fingerprint density at radius 2 is 1.47 bits per heavy atom. The Bertz CT molecular complexity index is 1600. The lowest BCUT2D eigenvalue weighted by Gasteiger charge is -2.17. The third kappa shape index (κ3) is 4.76. The topological polar surface area (TPSA) is 70.4 Å². The van der Waals surface area contributed by atoms with Gasteiger partial charge in [-0.3, -0.25) is 19.3 Å². The van der Waals surface area contributed by atoms with E-state index >= 15 is 0 Å². The van der Waals surface area contributed by atoms with Gasteiger partial charge in [-0.2, -0.15) is 0 Å². The van der Waals surface area contributed by atoms with Crippen molar-refractivity contribution >= 4 is 29.2 Å². The molecule has 0 aliphatic heterocycles. The lowest BCUT2D eigenvalue weighted by atomic mass is 9.89. The fourth-order valence-electron chi connectivity index (χ4n) is 4.54. The summed E-state index contributed by atoms with van der Waals surface area (Å²) in [7, 11) is 0. The average molecular weight is 492 g/mol. The van der Waals surface area contributed by atoms with Gasteiger partial charge in [-0.15, -0.1) is 0 Å². The van der Waals surface area contributed by atoms with Crippen LogP contribution in [0.5, 0.6) is 5.88 Å². The van der Waals surface area contributed by atoms with E-state index in [-0.39, 0.29) is 22.1 Å². The molecule has 5 rings (SSSR count). The van der Waals surface area contributed by atoms with Crippen LogP contribution in [0, 0.1) is 4.77 Å². The van der Waals surface area contributed by atoms with Crippen LogP contribution in [0.2, 0.25) is 0 Å². The Morgan fingerprint density at radius 1 is 0.861 bits per heavy atom. The van der Waals surface area contributed by atoms with Crippen molar-refractivity contribution in [1.29, 1.82) is 0 Å². The van der Waals surface area contributed by atoms with Crippen LogP contribution < -0.4 is 5.56 Å². The molecule has 0 saturated carbocycles. The number of aromatic hydroxyl groups is 1. The first-order valence-corrected chi connectivity index (χ1v) is 12.2. The zero-order chi connectivity index (χ0) is 24.9. The molecule has 0 saturated heterocycles. The fraction of sp³-hybridized carbons (Fsp3) is 0.100. The molecule has 36 heavy (non-hydrogen) atoms. The Morgan fingerprint density at radius 3 is 2.17 bits per heavy atom. The summed E-state index contributed by atoms with van der Waals surface area (Å²) in [6.45, 7) is 0.483. The predicted molar refractivity (Wildman–Crippen MR) is 148 cm³/mol. The molecule has 6 heteroatoms. The van der Waals surface area contributed by atoms with E-state index < -0.39 is 5.56 Å². The third-order valence-corrected chi connectivity index (χ3v) is 6.58. The monoisotopic (exact) mass is 491 g/mol. The molecule has 1 heterocycles. The maximum absolute atomic E-state index is 12.7. The number of aromatic nitrogens is 2. The van der Waals surface area contributed by atoms with E-state index in [1.807, 2.05) is 78.9 Å². The third-order valence-electron chi connectivity index (χ3n) is 6.30. The summed E-state index contributed by atoms with van der Waals surface area (Å²) in [5.41, 5.74) is 2.72. The molecule has 0 amide bonds. The van der Waals surface area contributed by atoms with Gasteiger partial charge in [0.2, 0.25) is 5.88 Å². The van der Waals surface area contributed by atoms with Crippen molar-refractivity contribution in [3.8, 4) is 11.6 Å². The highest BCUT2D eigenvalue weighted by Crippen LogP contribution is 2.28.